The van der Waals surface area contributed by atoms with Gasteiger partial charge < -0.3 is 0 Å². The highest BCUT2D eigenvalue weighted by Gasteiger charge is 2.11. The Morgan fingerprint density at radius 2 is 1.28 bits per heavy atom. The van der Waals surface area contributed by atoms with Gasteiger partial charge in [0.15, 0.2) is 0 Å². The summed E-state index contributed by atoms with van der Waals surface area (Å²) < 4.78 is 26.3. The van der Waals surface area contributed by atoms with Crippen LogP contribution < -0.4 is 0 Å². The lowest BCUT2D eigenvalue weighted by molar-refractivity contribution is 0.428. The predicted molar refractivity (Wildman–Crippen MR) is 101 cm³/mol. The lowest BCUT2D eigenvalue weighted by Crippen LogP contribution is -2.05. The van der Waals surface area contributed by atoms with Crippen molar-refractivity contribution < 1.29 is 8.78 Å². The molecule has 0 aliphatic rings. The quantitative estimate of drug-likeness (QED) is 0.465. The van der Waals surface area contributed by atoms with Crippen LogP contribution in [0, 0.1) is 5.82 Å². The van der Waals surface area contributed by atoms with Crippen LogP contribution in [0.1, 0.15) is 28.2 Å². The third kappa shape index (κ3) is 4.87. The number of rotatable bonds is 6. The van der Waals surface area contributed by atoms with Gasteiger partial charge in [0, 0.05) is 5.92 Å². The first-order valence-corrected chi connectivity index (χ1v) is 8.38. The van der Waals surface area contributed by atoms with Crippen LogP contribution in [0.5, 0.6) is 0 Å². The van der Waals surface area contributed by atoms with Crippen LogP contribution in [-0.2, 0) is 6.42 Å². The van der Waals surface area contributed by atoms with E-state index in [1.807, 2.05) is 66.7 Å². The van der Waals surface area contributed by atoms with Gasteiger partial charge in [-0.3, -0.25) is 4.39 Å². The van der Waals surface area contributed by atoms with Crippen molar-refractivity contribution in [2.45, 2.75) is 12.3 Å². The molecule has 0 nitrogen and oxygen atoms in total. The van der Waals surface area contributed by atoms with Crippen molar-refractivity contribution in [1.29, 1.82) is 0 Å². The second kappa shape index (κ2) is 8.39. The van der Waals surface area contributed by atoms with E-state index in [1.54, 1.807) is 12.1 Å². The van der Waals surface area contributed by atoms with E-state index in [4.69, 9.17) is 0 Å². The number of alkyl halides is 1. The summed E-state index contributed by atoms with van der Waals surface area (Å²) in [6.07, 6.45) is 4.62. The fraction of sp³-hybridized carbons (Fsp3) is 0.130. The second-order valence-corrected chi connectivity index (χ2v) is 6.09. The molecule has 0 saturated heterocycles. The van der Waals surface area contributed by atoms with Gasteiger partial charge in [0.2, 0.25) is 0 Å². The SMILES string of the molecule is FC[C@@H](Cc1ccc(C=Cc2ccc(F)cc2)cc1)c1ccccc1. The van der Waals surface area contributed by atoms with Crippen LogP contribution in [0.25, 0.3) is 12.2 Å². The van der Waals surface area contributed by atoms with E-state index in [0.717, 1.165) is 22.3 Å². The first-order valence-electron chi connectivity index (χ1n) is 8.38. The molecule has 0 bridgehead atoms. The Morgan fingerprint density at radius 3 is 1.84 bits per heavy atom. The lowest BCUT2D eigenvalue weighted by Gasteiger charge is -2.13. The van der Waals surface area contributed by atoms with E-state index in [2.05, 4.69) is 0 Å². The van der Waals surface area contributed by atoms with Gasteiger partial charge in [-0.2, -0.15) is 0 Å². The minimum absolute atomic E-state index is 0.109. The van der Waals surface area contributed by atoms with Crippen LogP contribution in [0.15, 0.2) is 78.9 Å². The van der Waals surface area contributed by atoms with Crippen molar-refractivity contribution in [3.63, 3.8) is 0 Å². The van der Waals surface area contributed by atoms with Crippen molar-refractivity contribution in [3.05, 3.63) is 107 Å². The molecule has 3 aromatic rings. The number of hydrogen-bond acceptors (Lipinski definition) is 0. The normalized spacial score (nSPS) is 12.4. The van der Waals surface area contributed by atoms with Gasteiger partial charge in [-0.05, 0) is 40.8 Å². The molecule has 2 heteroatoms. The number of benzene rings is 3. The van der Waals surface area contributed by atoms with Gasteiger partial charge in [0.25, 0.3) is 0 Å². The molecular weight excluding hydrogens is 314 g/mol. The molecule has 0 fully saturated rings. The lowest BCUT2D eigenvalue weighted by atomic mass is 9.93. The molecule has 3 aromatic carbocycles. The molecule has 0 N–H and O–H groups in total. The molecule has 25 heavy (non-hydrogen) atoms. The first-order chi connectivity index (χ1) is 12.2. The summed E-state index contributed by atoms with van der Waals surface area (Å²) in [7, 11) is 0. The summed E-state index contributed by atoms with van der Waals surface area (Å²) in [5.74, 6) is -0.343. The summed E-state index contributed by atoms with van der Waals surface area (Å²) in [5.41, 5.74) is 4.16. The highest BCUT2D eigenvalue weighted by atomic mass is 19.1. The zero-order valence-corrected chi connectivity index (χ0v) is 13.9. The van der Waals surface area contributed by atoms with Crippen LogP contribution in [-0.4, -0.2) is 6.67 Å². The summed E-state index contributed by atoms with van der Waals surface area (Å²) in [6.45, 7) is -0.365. The van der Waals surface area contributed by atoms with Gasteiger partial charge in [-0.1, -0.05) is 78.9 Å². The van der Waals surface area contributed by atoms with Gasteiger partial charge >= 0.3 is 0 Å². The van der Waals surface area contributed by atoms with E-state index in [0.29, 0.717) is 6.42 Å². The van der Waals surface area contributed by atoms with Gasteiger partial charge in [0.1, 0.15) is 5.82 Å². The smallest absolute Gasteiger partial charge is 0.123 e. The molecular formula is C23H20F2. The monoisotopic (exact) mass is 334 g/mol. The first kappa shape index (κ1) is 17.1. The molecule has 0 unspecified atom stereocenters. The summed E-state index contributed by atoms with van der Waals surface area (Å²) in [6, 6.07) is 24.3. The maximum atomic E-state index is 13.4. The minimum Gasteiger partial charge on any atom is -0.250 e. The fourth-order valence-corrected chi connectivity index (χ4v) is 2.80. The minimum atomic E-state index is -0.365. The maximum Gasteiger partial charge on any atom is 0.123 e. The molecule has 0 saturated carbocycles. The Bertz CT molecular complexity index is 803. The molecule has 0 heterocycles. The van der Waals surface area contributed by atoms with E-state index in [9.17, 15) is 8.78 Å². The van der Waals surface area contributed by atoms with E-state index >= 15 is 0 Å². The van der Waals surface area contributed by atoms with Crippen molar-refractivity contribution in [3.8, 4) is 0 Å². The van der Waals surface area contributed by atoms with Gasteiger partial charge in [-0.25, -0.2) is 4.39 Å². The van der Waals surface area contributed by atoms with Crippen molar-refractivity contribution in [2.24, 2.45) is 0 Å². The number of halogens is 2. The summed E-state index contributed by atoms with van der Waals surface area (Å²) >= 11 is 0. The fourth-order valence-electron chi connectivity index (χ4n) is 2.80. The Hall–Kier alpha value is -2.74. The standard InChI is InChI=1S/C23H20F2/c24-17-22(21-4-2-1-3-5-21)16-20-10-8-18(9-11-20)6-7-19-12-14-23(25)15-13-19/h1-15,22H,16-17H2/t22-/m1/s1. The molecule has 0 spiro atoms. The molecule has 0 aliphatic heterocycles. The molecule has 126 valence electrons. The zero-order valence-electron chi connectivity index (χ0n) is 13.9. The Balaban J connectivity index is 1.66. The third-order valence-electron chi connectivity index (χ3n) is 4.26. The molecule has 3 rings (SSSR count). The Kier molecular flexibility index (Phi) is 5.73. The average molecular weight is 334 g/mol. The highest BCUT2D eigenvalue weighted by molar-refractivity contribution is 5.69. The van der Waals surface area contributed by atoms with Crippen molar-refractivity contribution in [2.75, 3.05) is 6.67 Å². The molecule has 0 radical (unpaired) electrons. The highest BCUT2D eigenvalue weighted by Crippen LogP contribution is 2.22. The third-order valence-corrected chi connectivity index (χ3v) is 4.26. The number of hydrogen-bond donors (Lipinski definition) is 0. The summed E-state index contributed by atoms with van der Waals surface area (Å²) in [5, 5.41) is 0. The van der Waals surface area contributed by atoms with E-state index < -0.39 is 0 Å². The molecule has 1 atom stereocenters. The average Bonchev–Trinajstić information content (AvgIpc) is 2.67. The van der Waals surface area contributed by atoms with Gasteiger partial charge in [-0.15, -0.1) is 0 Å². The van der Waals surface area contributed by atoms with Crippen LogP contribution in [0.2, 0.25) is 0 Å². The van der Waals surface area contributed by atoms with Crippen LogP contribution in [0.4, 0.5) is 8.78 Å². The van der Waals surface area contributed by atoms with E-state index in [1.165, 1.54) is 12.1 Å². The summed E-state index contributed by atoms with van der Waals surface area (Å²) in [4.78, 5) is 0. The Morgan fingerprint density at radius 1 is 0.720 bits per heavy atom. The molecule has 0 amide bonds. The van der Waals surface area contributed by atoms with Crippen molar-refractivity contribution in [1.82, 2.24) is 0 Å². The topological polar surface area (TPSA) is 0 Å². The Labute approximate surface area is 147 Å². The van der Waals surface area contributed by atoms with Crippen LogP contribution in [0.3, 0.4) is 0 Å². The van der Waals surface area contributed by atoms with Gasteiger partial charge in [0.05, 0.1) is 6.67 Å². The predicted octanol–water partition coefficient (Wildman–Crippen LogP) is 6.29. The van der Waals surface area contributed by atoms with E-state index in [-0.39, 0.29) is 18.4 Å². The zero-order chi connectivity index (χ0) is 17.5. The van der Waals surface area contributed by atoms with Crippen molar-refractivity contribution >= 4 is 12.2 Å². The molecule has 0 aliphatic carbocycles. The van der Waals surface area contributed by atoms with Crippen LogP contribution >= 0.6 is 0 Å². The second-order valence-electron chi connectivity index (χ2n) is 6.09. The largest absolute Gasteiger partial charge is 0.250 e. The maximum absolute atomic E-state index is 13.4. The molecule has 0 aromatic heterocycles.